The topological polar surface area (TPSA) is 16.1 Å². The van der Waals surface area contributed by atoms with E-state index in [-0.39, 0.29) is 0 Å². The number of hydrogen-bond acceptors (Lipinski definition) is 2. The van der Waals surface area contributed by atoms with E-state index in [0.29, 0.717) is 5.88 Å². The summed E-state index contributed by atoms with van der Waals surface area (Å²) in [7, 11) is 2.14. The molecule has 2 nitrogen and oxygen atoms in total. The van der Waals surface area contributed by atoms with Gasteiger partial charge in [0.05, 0.1) is 0 Å². The van der Waals surface area contributed by atoms with Gasteiger partial charge >= 0.3 is 0 Å². The molecule has 0 spiro atoms. The summed E-state index contributed by atoms with van der Waals surface area (Å²) < 4.78 is 0. The molecular weight excluding hydrogens is 232 g/mol. The van der Waals surface area contributed by atoms with E-state index in [9.17, 15) is 0 Å². The molecule has 0 aromatic carbocycles. The van der Waals surface area contributed by atoms with Crippen molar-refractivity contribution in [2.24, 2.45) is 5.92 Å². The zero-order valence-electron chi connectivity index (χ0n) is 10.7. The van der Waals surface area contributed by atoms with Crippen LogP contribution in [0.2, 0.25) is 0 Å². The van der Waals surface area contributed by atoms with E-state index in [1.165, 1.54) is 25.7 Å². The summed E-state index contributed by atoms with van der Waals surface area (Å²) in [6.45, 7) is 3.16. The zero-order chi connectivity index (χ0) is 12.3. The van der Waals surface area contributed by atoms with Crippen LogP contribution in [0.15, 0.2) is 12.1 Å². The Balaban J connectivity index is 2.02. The molecule has 17 heavy (non-hydrogen) atoms. The van der Waals surface area contributed by atoms with Crippen LogP contribution in [0.25, 0.3) is 0 Å². The second kappa shape index (κ2) is 5.72. The predicted molar refractivity (Wildman–Crippen MR) is 73.8 cm³/mol. The number of aromatic nitrogens is 1. The molecule has 3 heteroatoms. The van der Waals surface area contributed by atoms with Gasteiger partial charge in [-0.25, -0.2) is 4.98 Å². The first-order chi connectivity index (χ1) is 8.20. The summed E-state index contributed by atoms with van der Waals surface area (Å²) >= 11 is 5.85. The van der Waals surface area contributed by atoms with Gasteiger partial charge in [0.2, 0.25) is 0 Å². The number of hydrogen-bond donors (Lipinski definition) is 0. The third-order valence-corrected chi connectivity index (χ3v) is 4.01. The van der Waals surface area contributed by atoms with Crippen molar-refractivity contribution in [2.45, 2.75) is 38.5 Å². The maximum absolute atomic E-state index is 5.85. The van der Waals surface area contributed by atoms with Crippen LogP contribution in [0.1, 0.15) is 36.9 Å². The molecule has 1 heterocycles. The van der Waals surface area contributed by atoms with Crippen LogP contribution in [0.4, 0.5) is 5.82 Å². The Labute approximate surface area is 109 Å². The van der Waals surface area contributed by atoms with E-state index >= 15 is 0 Å². The van der Waals surface area contributed by atoms with Crippen LogP contribution in [0.5, 0.6) is 0 Å². The van der Waals surface area contributed by atoms with Crippen LogP contribution >= 0.6 is 11.6 Å². The lowest BCUT2D eigenvalue weighted by Crippen LogP contribution is -2.25. The number of alkyl halides is 1. The minimum absolute atomic E-state index is 0.547. The first-order valence-corrected chi connectivity index (χ1v) is 6.98. The van der Waals surface area contributed by atoms with Gasteiger partial charge in [0.25, 0.3) is 0 Å². The van der Waals surface area contributed by atoms with E-state index in [4.69, 9.17) is 11.6 Å². The average Bonchev–Trinajstić information content (AvgIpc) is 2.81. The monoisotopic (exact) mass is 252 g/mol. The van der Waals surface area contributed by atoms with Crippen molar-refractivity contribution in [3.63, 3.8) is 0 Å². The second-order valence-electron chi connectivity index (χ2n) is 5.08. The smallest absolute Gasteiger partial charge is 0.128 e. The highest BCUT2D eigenvalue weighted by Crippen LogP contribution is 2.26. The van der Waals surface area contributed by atoms with Crippen molar-refractivity contribution in [1.82, 2.24) is 4.98 Å². The molecule has 1 aliphatic rings. The fourth-order valence-electron chi connectivity index (χ4n) is 2.60. The van der Waals surface area contributed by atoms with Gasteiger partial charge in [0.1, 0.15) is 5.82 Å². The fraction of sp³-hybridized carbons (Fsp3) is 0.643. The maximum atomic E-state index is 5.85. The fourth-order valence-corrected chi connectivity index (χ4v) is 2.89. The summed E-state index contributed by atoms with van der Waals surface area (Å²) in [5.74, 6) is 2.48. The highest BCUT2D eigenvalue weighted by molar-refractivity contribution is 6.17. The highest BCUT2D eigenvalue weighted by atomic mass is 35.5. The van der Waals surface area contributed by atoms with Crippen molar-refractivity contribution in [1.29, 1.82) is 0 Å². The molecule has 0 aliphatic heterocycles. The lowest BCUT2D eigenvalue weighted by atomic mass is 10.1. The summed E-state index contributed by atoms with van der Waals surface area (Å²) in [5.41, 5.74) is 2.18. The number of pyridine rings is 1. The Hall–Kier alpha value is -0.760. The molecule has 0 radical (unpaired) electrons. The maximum Gasteiger partial charge on any atom is 0.128 e. The Bertz CT molecular complexity index is 372. The van der Waals surface area contributed by atoms with Crippen LogP contribution in [-0.4, -0.2) is 18.6 Å². The average molecular weight is 253 g/mol. The van der Waals surface area contributed by atoms with Gasteiger partial charge in [-0.15, -0.1) is 11.6 Å². The SMILES string of the molecule is Cc1nc(N(C)CC2CCCC2)ccc1CCl. The van der Waals surface area contributed by atoms with E-state index < -0.39 is 0 Å². The molecule has 1 fully saturated rings. The zero-order valence-corrected chi connectivity index (χ0v) is 11.5. The first-order valence-electron chi connectivity index (χ1n) is 6.44. The van der Waals surface area contributed by atoms with Gasteiger partial charge in [-0.3, -0.25) is 0 Å². The van der Waals surface area contributed by atoms with Crippen molar-refractivity contribution in [3.05, 3.63) is 23.4 Å². The standard InChI is InChI=1S/C14H21ClN2/c1-11-13(9-15)7-8-14(16-11)17(2)10-12-5-3-4-6-12/h7-8,12H,3-6,9-10H2,1-2H3. The number of nitrogens with zero attached hydrogens (tertiary/aromatic N) is 2. The molecule has 1 aliphatic carbocycles. The Morgan fingerprint density at radius 1 is 1.35 bits per heavy atom. The number of rotatable bonds is 4. The van der Waals surface area contributed by atoms with Crippen molar-refractivity contribution in [2.75, 3.05) is 18.5 Å². The Morgan fingerprint density at radius 2 is 2.06 bits per heavy atom. The molecular formula is C14H21ClN2. The largest absolute Gasteiger partial charge is 0.359 e. The third kappa shape index (κ3) is 3.12. The summed E-state index contributed by atoms with van der Waals surface area (Å²) in [5, 5.41) is 0. The molecule has 2 rings (SSSR count). The molecule has 0 saturated heterocycles. The molecule has 1 aromatic rings. The molecule has 0 N–H and O–H groups in total. The minimum atomic E-state index is 0.547. The first kappa shape index (κ1) is 12.7. The van der Waals surface area contributed by atoms with Crippen LogP contribution in [-0.2, 0) is 5.88 Å². The molecule has 0 amide bonds. The highest BCUT2D eigenvalue weighted by Gasteiger charge is 2.17. The molecule has 0 atom stereocenters. The lowest BCUT2D eigenvalue weighted by Gasteiger charge is -2.22. The van der Waals surface area contributed by atoms with Crippen molar-refractivity contribution in [3.8, 4) is 0 Å². The summed E-state index contributed by atoms with van der Waals surface area (Å²) in [6, 6.07) is 4.18. The summed E-state index contributed by atoms with van der Waals surface area (Å²) in [4.78, 5) is 6.91. The quantitative estimate of drug-likeness (QED) is 0.759. The molecule has 0 bridgehead atoms. The van der Waals surface area contributed by atoms with E-state index in [2.05, 4.69) is 29.1 Å². The third-order valence-electron chi connectivity index (χ3n) is 3.72. The second-order valence-corrected chi connectivity index (χ2v) is 5.35. The molecule has 1 aromatic heterocycles. The molecule has 0 unspecified atom stereocenters. The molecule has 1 saturated carbocycles. The van der Waals surface area contributed by atoms with E-state index in [0.717, 1.165) is 29.5 Å². The molecule has 94 valence electrons. The minimum Gasteiger partial charge on any atom is -0.359 e. The van der Waals surface area contributed by atoms with Crippen molar-refractivity contribution >= 4 is 17.4 Å². The normalized spacial score (nSPS) is 16.4. The van der Waals surface area contributed by atoms with E-state index in [1.54, 1.807) is 0 Å². The Morgan fingerprint density at radius 3 is 2.65 bits per heavy atom. The van der Waals surface area contributed by atoms with Crippen LogP contribution in [0.3, 0.4) is 0 Å². The number of anilines is 1. The van der Waals surface area contributed by atoms with Gasteiger partial charge in [0, 0.05) is 25.2 Å². The van der Waals surface area contributed by atoms with E-state index in [1.807, 2.05) is 6.92 Å². The lowest BCUT2D eigenvalue weighted by molar-refractivity contribution is 0.545. The van der Waals surface area contributed by atoms with Crippen LogP contribution in [0, 0.1) is 12.8 Å². The Kier molecular flexibility index (Phi) is 4.27. The predicted octanol–water partition coefficient (Wildman–Crippen LogP) is 3.76. The summed E-state index contributed by atoms with van der Waals surface area (Å²) in [6.07, 6.45) is 5.55. The van der Waals surface area contributed by atoms with Gasteiger partial charge in [-0.2, -0.15) is 0 Å². The van der Waals surface area contributed by atoms with Crippen molar-refractivity contribution < 1.29 is 0 Å². The van der Waals surface area contributed by atoms with Gasteiger partial charge in [-0.05, 0) is 37.3 Å². The van der Waals surface area contributed by atoms with Gasteiger partial charge in [0.15, 0.2) is 0 Å². The van der Waals surface area contributed by atoms with Crippen LogP contribution < -0.4 is 4.90 Å². The number of halogens is 1. The number of aryl methyl sites for hydroxylation is 1. The van der Waals surface area contributed by atoms with Gasteiger partial charge in [-0.1, -0.05) is 18.9 Å². The van der Waals surface area contributed by atoms with Gasteiger partial charge < -0.3 is 4.90 Å².